The van der Waals surface area contributed by atoms with E-state index in [9.17, 15) is 9.18 Å². The number of aromatic nitrogens is 4. The van der Waals surface area contributed by atoms with Gasteiger partial charge in [-0.25, -0.2) is 4.39 Å². The lowest BCUT2D eigenvalue weighted by atomic mass is 10.2. The molecule has 5 N–H and O–H groups in total. The number of hydrogen-bond donors (Lipinski definition) is 3. The Morgan fingerprint density at radius 3 is 2.57 bits per heavy atom. The number of hydrogen-bond acceptors (Lipinski definition) is 7. The van der Waals surface area contributed by atoms with Gasteiger partial charge in [0.1, 0.15) is 11.6 Å². The third-order valence-corrected chi connectivity index (χ3v) is 4.07. The van der Waals surface area contributed by atoms with E-state index in [1.807, 2.05) is 0 Å². The van der Waals surface area contributed by atoms with E-state index in [0.717, 1.165) is 5.39 Å². The predicted octanol–water partition coefficient (Wildman–Crippen LogP) is 1.45. The second kappa shape index (κ2) is 6.21. The third kappa shape index (κ3) is 3.57. The first-order valence-electron chi connectivity index (χ1n) is 6.66. The Bertz CT molecular complexity index is 909. The molecule has 0 aliphatic heterocycles. The lowest BCUT2D eigenvalue weighted by Gasteiger charge is -2.04. The largest absolute Gasteiger partial charge is 0.368 e. The smallest absolute Gasteiger partial charge is 0.252 e. The number of nitrogens with zero attached hydrogens (tertiary/aromatic N) is 3. The van der Waals surface area contributed by atoms with Gasteiger partial charge in [0.2, 0.25) is 11.9 Å². The summed E-state index contributed by atoms with van der Waals surface area (Å²) in [7, 11) is 0. The Morgan fingerprint density at radius 2 is 1.83 bits per heavy atom. The summed E-state index contributed by atoms with van der Waals surface area (Å²) in [6.45, 7) is 0. The van der Waals surface area contributed by atoms with E-state index in [0.29, 0.717) is 28.4 Å². The third-order valence-electron chi connectivity index (χ3n) is 3.09. The molecule has 3 aromatic rings. The maximum Gasteiger partial charge on any atom is 0.252 e. The van der Waals surface area contributed by atoms with Crippen LogP contribution in [-0.4, -0.2) is 19.9 Å². The first-order valence-corrected chi connectivity index (χ1v) is 7.82. The Labute approximate surface area is 134 Å². The number of halogens is 1. The molecule has 9 heteroatoms. The summed E-state index contributed by atoms with van der Waals surface area (Å²) < 4.78 is 13.2. The Hall–Kier alpha value is -2.68. The van der Waals surface area contributed by atoms with Crippen molar-refractivity contribution in [3.63, 3.8) is 0 Å². The minimum atomic E-state index is -0.389. The molecule has 0 amide bonds. The molecule has 0 saturated carbocycles. The highest BCUT2D eigenvalue weighted by Gasteiger charge is 2.06. The van der Waals surface area contributed by atoms with E-state index in [2.05, 4.69) is 19.9 Å². The van der Waals surface area contributed by atoms with Gasteiger partial charge < -0.3 is 16.5 Å². The lowest BCUT2D eigenvalue weighted by molar-refractivity contribution is 0.629. The van der Waals surface area contributed by atoms with Crippen molar-refractivity contribution in [2.24, 2.45) is 0 Å². The van der Waals surface area contributed by atoms with Crippen molar-refractivity contribution < 1.29 is 4.39 Å². The molecule has 3 rings (SSSR count). The van der Waals surface area contributed by atoms with Gasteiger partial charge in [0.15, 0.2) is 0 Å². The SMILES string of the molecule is Nc1nc(N)nc(CSCc2cc3ccc(F)cc3[nH]c2=O)n1. The van der Waals surface area contributed by atoms with E-state index >= 15 is 0 Å². The quantitative estimate of drug-likeness (QED) is 0.660. The highest BCUT2D eigenvalue weighted by Crippen LogP contribution is 2.18. The standard InChI is InChI=1S/C14H13FN6OS/c15-9-2-1-7-3-8(12(22)18-10(7)4-9)5-23-6-11-19-13(16)21-14(17)20-11/h1-4H,5-6H2,(H,18,22)(H4,16,17,19,20,21). The second-order valence-electron chi connectivity index (χ2n) is 4.82. The molecule has 0 atom stereocenters. The van der Waals surface area contributed by atoms with E-state index in [1.54, 1.807) is 12.1 Å². The molecule has 0 aliphatic carbocycles. The van der Waals surface area contributed by atoms with Crippen LogP contribution in [-0.2, 0) is 11.5 Å². The van der Waals surface area contributed by atoms with Gasteiger partial charge >= 0.3 is 0 Å². The monoisotopic (exact) mass is 332 g/mol. The molecule has 0 fully saturated rings. The van der Waals surface area contributed by atoms with E-state index in [1.165, 1.54) is 23.9 Å². The van der Waals surface area contributed by atoms with Crippen LogP contribution in [0.25, 0.3) is 10.9 Å². The maximum atomic E-state index is 13.2. The van der Waals surface area contributed by atoms with Crippen LogP contribution in [0.5, 0.6) is 0 Å². The number of rotatable bonds is 4. The molecule has 7 nitrogen and oxygen atoms in total. The predicted molar refractivity (Wildman–Crippen MR) is 88.2 cm³/mol. The van der Waals surface area contributed by atoms with Crippen LogP contribution in [0.2, 0.25) is 0 Å². The fourth-order valence-electron chi connectivity index (χ4n) is 2.10. The number of nitrogens with one attached hydrogen (secondary N) is 1. The number of thioether (sulfide) groups is 1. The van der Waals surface area contributed by atoms with Crippen LogP contribution in [0.1, 0.15) is 11.4 Å². The van der Waals surface area contributed by atoms with E-state index in [-0.39, 0.29) is 23.3 Å². The fraction of sp³-hybridized carbons (Fsp3) is 0.143. The Kier molecular flexibility index (Phi) is 4.11. The molecule has 0 saturated heterocycles. The first-order chi connectivity index (χ1) is 11.0. The Balaban J connectivity index is 1.75. The first kappa shape index (κ1) is 15.2. The highest BCUT2D eigenvalue weighted by atomic mass is 32.2. The number of pyridine rings is 1. The second-order valence-corrected chi connectivity index (χ2v) is 5.80. The maximum absolute atomic E-state index is 13.2. The zero-order chi connectivity index (χ0) is 16.4. The summed E-state index contributed by atoms with van der Waals surface area (Å²) >= 11 is 1.44. The number of benzene rings is 1. The number of nitrogen functional groups attached to an aromatic ring is 2. The number of aromatic amines is 1. The molecule has 0 unspecified atom stereocenters. The molecule has 0 bridgehead atoms. The summed E-state index contributed by atoms with van der Waals surface area (Å²) in [6.07, 6.45) is 0. The molecule has 2 aromatic heterocycles. The van der Waals surface area contributed by atoms with Crippen molar-refractivity contribution in [3.8, 4) is 0 Å². The van der Waals surface area contributed by atoms with E-state index < -0.39 is 0 Å². The van der Waals surface area contributed by atoms with E-state index in [4.69, 9.17) is 11.5 Å². The van der Waals surface area contributed by atoms with Crippen molar-refractivity contribution in [2.75, 3.05) is 11.5 Å². The van der Waals surface area contributed by atoms with Crippen molar-refractivity contribution in [3.05, 3.63) is 51.8 Å². The van der Waals surface area contributed by atoms with Gasteiger partial charge in [0.25, 0.3) is 5.56 Å². The molecule has 118 valence electrons. The molecule has 1 aromatic carbocycles. The molecule has 0 radical (unpaired) electrons. The van der Waals surface area contributed by atoms with Crippen LogP contribution >= 0.6 is 11.8 Å². The molecule has 0 spiro atoms. The summed E-state index contributed by atoms with van der Waals surface area (Å²) in [5.74, 6) is 1.10. The number of H-pyrrole nitrogens is 1. The van der Waals surface area contributed by atoms with Crippen LogP contribution in [0.15, 0.2) is 29.1 Å². The molecule has 2 heterocycles. The van der Waals surface area contributed by atoms with Crippen LogP contribution in [0.4, 0.5) is 16.3 Å². The van der Waals surface area contributed by atoms with Crippen molar-refractivity contribution in [2.45, 2.75) is 11.5 Å². The minimum Gasteiger partial charge on any atom is -0.368 e. The van der Waals surface area contributed by atoms with Gasteiger partial charge in [-0.2, -0.15) is 15.0 Å². The minimum absolute atomic E-state index is 0.0682. The molecular weight excluding hydrogens is 319 g/mol. The van der Waals surface area contributed by atoms with Crippen molar-refractivity contribution in [1.82, 2.24) is 19.9 Å². The number of nitrogens with two attached hydrogens (primary N) is 2. The molecule has 0 aliphatic rings. The zero-order valence-electron chi connectivity index (χ0n) is 11.9. The Morgan fingerprint density at radius 1 is 1.09 bits per heavy atom. The summed E-state index contributed by atoms with van der Waals surface area (Å²) in [5, 5.41) is 0.773. The number of anilines is 2. The van der Waals surface area contributed by atoms with Gasteiger partial charge in [0.05, 0.1) is 11.3 Å². The van der Waals surface area contributed by atoms with Crippen LogP contribution < -0.4 is 17.0 Å². The normalized spacial score (nSPS) is 11.0. The summed E-state index contributed by atoms with van der Waals surface area (Å²) in [5.41, 5.74) is 11.8. The number of fused-ring (bicyclic) bond motifs is 1. The van der Waals surface area contributed by atoms with Crippen molar-refractivity contribution in [1.29, 1.82) is 0 Å². The average Bonchev–Trinajstić information content (AvgIpc) is 2.47. The van der Waals surface area contributed by atoms with Crippen LogP contribution in [0.3, 0.4) is 0 Å². The molecule has 23 heavy (non-hydrogen) atoms. The van der Waals surface area contributed by atoms with Gasteiger partial charge in [0, 0.05) is 11.3 Å². The zero-order valence-corrected chi connectivity index (χ0v) is 12.7. The highest BCUT2D eigenvalue weighted by molar-refractivity contribution is 7.97. The van der Waals surface area contributed by atoms with Gasteiger partial charge in [-0.15, -0.1) is 11.8 Å². The average molecular weight is 332 g/mol. The van der Waals surface area contributed by atoms with Gasteiger partial charge in [-0.05, 0) is 29.7 Å². The lowest BCUT2D eigenvalue weighted by Crippen LogP contribution is -2.11. The van der Waals surface area contributed by atoms with Gasteiger partial charge in [-0.3, -0.25) is 4.79 Å². The van der Waals surface area contributed by atoms with Crippen LogP contribution in [0, 0.1) is 5.82 Å². The van der Waals surface area contributed by atoms with Crippen molar-refractivity contribution >= 4 is 34.6 Å². The van der Waals surface area contributed by atoms with Gasteiger partial charge in [-0.1, -0.05) is 0 Å². The summed E-state index contributed by atoms with van der Waals surface area (Å²) in [4.78, 5) is 26.3. The molecular formula is C14H13FN6OS. The fourth-order valence-corrected chi connectivity index (χ4v) is 2.95. The topological polar surface area (TPSA) is 124 Å². The summed E-state index contributed by atoms with van der Waals surface area (Å²) in [6, 6.07) is 6.02.